The summed E-state index contributed by atoms with van der Waals surface area (Å²) in [6.45, 7) is 3.09. The number of rotatable bonds is 9. The molecule has 1 aliphatic heterocycles. The third-order valence-electron chi connectivity index (χ3n) is 5.43. The van der Waals surface area contributed by atoms with Crippen LogP contribution < -0.4 is 10.1 Å². The maximum atomic E-state index is 13.3. The van der Waals surface area contributed by atoms with Crippen LogP contribution in [0.1, 0.15) is 38.5 Å². The van der Waals surface area contributed by atoms with E-state index in [0.29, 0.717) is 37.1 Å². The van der Waals surface area contributed by atoms with Crippen molar-refractivity contribution in [2.75, 3.05) is 25.0 Å². The van der Waals surface area contributed by atoms with E-state index in [1.807, 2.05) is 0 Å². The Morgan fingerprint density at radius 1 is 1.15 bits per heavy atom. The molecule has 11 heteroatoms. The molecule has 4 rings (SSSR count). The zero-order valence-corrected chi connectivity index (χ0v) is 19.8. The van der Waals surface area contributed by atoms with E-state index in [4.69, 9.17) is 9.26 Å². The lowest BCUT2D eigenvalue weighted by atomic mass is 10.2. The summed E-state index contributed by atoms with van der Waals surface area (Å²) in [5, 5.41) is 6.69. The van der Waals surface area contributed by atoms with Crippen LogP contribution in [0.4, 0.5) is 5.69 Å². The number of aryl methyl sites for hydroxylation is 1. The Kier molecular flexibility index (Phi) is 7.53. The molecule has 1 aromatic carbocycles. The molecule has 0 radical (unpaired) electrons. The number of hydrogen-bond donors (Lipinski definition) is 1. The molecule has 0 spiro atoms. The zero-order valence-electron chi connectivity index (χ0n) is 18.9. The molecule has 1 saturated heterocycles. The molecular weight excluding hydrogens is 458 g/mol. The van der Waals surface area contributed by atoms with Crippen LogP contribution in [0, 0.1) is 0 Å². The molecule has 1 aliphatic rings. The average Bonchev–Trinajstić information content (AvgIpc) is 3.34. The average molecular weight is 486 g/mol. The normalized spacial score (nSPS) is 14.6. The summed E-state index contributed by atoms with van der Waals surface area (Å²) in [4.78, 5) is 20.9. The molecule has 0 aliphatic carbocycles. The summed E-state index contributed by atoms with van der Waals surface area (Å²) in [6, 6.07) is 8.20. The highest BCUT2D eigenvalue weighted by Gasteiger charge is 2.29. The van der Waals surface area contributed by atoms with E-state index >= 15 is 0 Å². The lowest BCUT2D eigenvalue weighted by molar-refractivity contribution is -0.116. The van der Waals surface area contributed by atoms with Gasteiger partial charge in [0.1, 0.15) is 10.6 Å². The van der Waals surface area contributed by atoms with E-state index in [0.717, 1.165) is 24.8 Å². The second kappa shape index (κ2) is 10.7. The molecule has 180 valence electrons. The molecular formula is C23H27N5O5S. The number of hydrogen-bond acceptors (Lipinski definition) is 8. The number of nitrogens with one attached hydrogen (secondary N) is 1. The standard InChI is InChI=1S/C23H27N5O5S/c1-2-32-19-7-6-18(16-20(19)34(30,31)28-14-4-3-5-15-28)25-21(29)8-9-22-26-23(27-33-22)17-10-12-24-13-11-17/h6-7,10-13,16H,2-5,8-9,14-15H2,1H3,(H,25,29). The Morgan fingerprint density at radius 2 is 1.91 bits per heavy atom. The molecule has 1 N–H and O–H groups in total. The highest BCUT2D eigenvalue weighted by atomic mass is 32.2. The first-order chi connectivity index (χ1) is 16.5. The highest BCUT2D eigenvalue weighted by molar-refractivity contribution is 7.89. The van der Waals surface area contributed by atoms with Crippen LogP contribution in [0.3, 0.4) is 0 Å². The third kappa shape index (κ3) is 5.60. The van der Waals surface area contributed by atoms with Crippen molar-refractivity contribution in [1.29, 1.82) is 0 Å². The Hall–Kier alpha value is -3.31. The third-order valence-corrected chi connectivity index (χ3v) is 7.35. The van der Waals surface area contributed by atoms with Crippen molar-refractivity contribution in [3.05, 3.63) is 48.6 Å². The minimum Gasteiger partial charge on any atom is -0.492 e. The number of piperidine rings is 1. The molecule has 0 saturated carbocycles. The first kappa shape index (κ1) is 23.8. The number of amides is 1. The van der Waals surface area contributed by atoms with E-state index in [1.165, 1.54) is 10.4 Å². The predicted octanol–water partition coefficient (Wildman–Crippen LogP) is 3.28. The second-order valence-electron chi connectivity index (χ2n) is 7.86. The monoisotopic (exact) mass is 485 g/mol. The largest absolute Gasteiger partial charge is 0.492 e. The Balaban J connectivity index is 1.43. The van der Waals surface area contributed by atoms with E-state index < -0.39 is 10.0 Å². The molecule has 3 aromatic rings. The number of ether oxygens (including phenoxy) is 1. The van der Waals surface area contributed by atoms with E-state index in [2.05, 4.69) is 20.4 Å². The smallest absolute Gasteiger partial charge is 0.246 e. The molecule has 1 amide bonds. The SMILES string of the molecule is CCOc1ccc(NC(=O)CCc2nc(-c3ccncc3)no2)cc1S(=O)(=O)N1CCCCC1. The van der Waals surface area contributed by atoms with Crippen LogP contribution in [0.2, 0.25) is 0 Å². The van der Waals surface area contributed by atoms with Crippen LogP contribution >= 0.6 is 0 Å². The summed E-state index contributed by atoms with van der Waals surface area (Å²) in [5.41, 5.74) is 1.15. The van der Waals surface area contributed by atoms with Gasteiger partial charge >= 0.3 is 0 Å². The minimum atomic E-state index is -3.73. The van der Waals surface area contributed by atoms with Gasteiger partial charge in [0.05, 0.1) is 6.61 Å². The number of anilines is 1. The predicted molar refractivity (Wildman–Crippen MR) is 125 cm³/mol. The quantitative estimate of drug-likeness (QED) is 0.489. The molecule has 3 heterocycles. The Bertz CT molecular complexity index is 1220. The van der Waals surface area contributed by atoms with Gasteiger partial charge in [-0.25, -0.2) is 8.42 Å². The summed E-state index contributed by atoms with van der Waals surface area (Å²) in [7, 11) is -3.73. The van der Waals surface area contributed by atoms with Crippen LogP contribution in [0.5, 0.6) is 5.75 Å². The maximum absolute atomic E-state index is 13.3. The van der Waals surface area contributed by atoms with Gasteiger partial charge in [-0.3, -0.25) is 9.78 Å². The number of carbonyl (C=O) groups excluding carboxylic acids is 1. The first-order valence-electron chi connectivity index (χ1n) is 11.3. The first-order valence-corrected chi connectivity index (χ1v) is 12.7. The summed E-state index contributed by atoms with van der Waals surface area (Å²) < 4.78 is 38.8. The van der Waals surface area contributed by atoms with Crippen molar-refractivity contribution in [1.82, 2.24) is 19.4 Å². The molecule has 2 aromatic heterocycles. The van der Waals surface area contributed by atoms with E-state index in [-0.39, 0.29) is 29.4 Å². The maximum Gasteiger partial charge on any atom is 0.246 e. The second-order valence-corrected chi connectivity index (χ2v) is 9.76. The van der Waals surface area contributed by atoms with Crippen molar-refractivity contribution in [2.24, 2.45) is 0 Å². The van der Waals surface area contributed by atoms with E-state index in [1.54, 1.807) is 43.6 Å². The number of nitrogens with zero attached hydrogens (tertiary/aromatic N) is 4. The number of pyridine rings is 1. The Labute approximate surface area is 198 Å². The van der Waals surface area contributed by atoms with Gasteiger partial charge in [0, 0.05) is 49.6 Å². The molecule has 0 unspecified atom stereocenters. The number of carbonyl (C=O) groups is 1. The van der Waals surface area contributed by atoms with Crippen molar-refractivity contribution in [3.8, 4) is 17.1 Å². The van der Waals surface area contributed by atoms with Crippen LogP contribution in [0.15, 0.2) is 52.1 Å². The molecule has 10 nitrogen and oxygen atoms in total. The van der Waals surface area contributed by atoms with Crippen LogP contribution in [-0.4, -0.2) is 53.5 Å². The van der Waals surface area contributed by atoms with Crippen molar-refractivity contribution in [3.63, 3.8) is 0 Å². The number of benzene rings is 1. The number of sulfonamides is 1. The van der Waals surface area contributed by atoms with Gasteiger partial charge in [-0.15, -0.1) is 0 Å². The fourth-order valence-electron chi connectivity index (χ4n) is 3.73. The molecule has 0 bridgehead atoms. The number of aromatic nitrogens is 3. The summed E-state index contributed by atoms with van der Waals surface area (Å²) in [5.74, 6) is 0.744. The van der Waals surface area contributed by atoms with Crippen LogP contribution in [-0.2, 0) is 21.2 Å². The zero-order chi connectivity index (χ0) is 24.0. The fraction of sp³-hybridized carbons (Fsp3) is 0.391. The van der Waals surface area contributed by atoms with Gasteiger partial charge in [-0.05, 0) is 50.1 Å². The van der Waals surface area contributed by atoms with Gasteiger partial charge in [0.25, 0.3) is 0 Å². The fourth-order valence-corrected chi connectivity index (χ4v) is 5.40. The lowest BCUT2D eigenvalue weighted by Crippen LogP contribution is -2.35. The highest BCUT2D eigenvalue weighted by Crippen LogP contribution is 2.31. The lowest BCUT2D eigenvalue weighted by Gasteiger charge is -2.27. The van der Waals surface area contributed by atoms with Gasteiger partial charge < -0.3 is 14.6 Å². The van der Waals surface area contributed by atoms with Crippen LogP contribution in [0.25, 0.3) is 11.4 Å². The summed E-state index contributed by atoms with van der Waals surface area (Å²) >= 11 is 0. The van der Waals surface area contributed by atoms with Gasteiger partial charge in [0.2, 0.25) is 27.6 Å². The van der Waals surface area contributed by atoms with Gasteiger partial charge in [-0.1, -0.05) is 11.6 Å². The van der Waals surface area contributed by atoms with E-state index in [9.17, 15) is 13.2 Å². The van der Waals surface area contributed by atoms with Gasteiger partial charge in [-0.2, -0.15) is 9.29 Å². The Morgan fingerprint density at radius 3 is 2.65 bits per heavy atom. The molecule has 0 atom stereocenters. The molecule has 34 heavy (non-hydrogen) atoms. The molecule has 1 fully saturated rings. The minimum absolute atomic E-state index is 0.0629. The van der Waals surface area contributed by atoms with Gasteiger partial charge in [0.15, 0.2) is 0 Å². The summed E-state index contributed by atoms with van der Waals surface area (Å²) in [6.07, 6.45) is 6.30. The topological polar surface area (TPSA) is 128 Å². The van der Waals surface area contributed by atoms with Crippen molar-refractivity contribution in [2.45, 2.75) is 43.9 Å². The van der Waals surface area contributed by atoms with Crippen molar-refractivity contribution >= 4 is 21.6 Å². The van der Waals surface area contributed by atoms with Crippen molar-refractivity contribution < 1.29 is 22.5 Å².